The lowest BCUT2D eigenvalue weighted by molar-refractivity contribution is -0.122. The van der Waals surface area contributed by atoms with Crippen LogP contribution in [0.4, 0.5) is 0 Å². The summed E-state index contributed by atoms with van der Waals surface area (Å²) in [6, 6.07) is 2.40. The van der Waals surface area contributed by atoms with Gasteiger partial charge in [0.1, 0.15) is 4.21 Å². The molecule has 22 heavy (non-hydrogen) atoms. The normalized spacial score (nSPS) is 19.5. The van der Waals surface area contributed by atoms with E-state index >= 15 is 0 Å². The zero-order valence-corrected chi connectivity index (χ0v) is 14.5. The molecule has 2 heterocycles. The summed E-state index contributed by atoms with van der Waals surface area (Å²) in [5, 5.41) is 7.86. The number of hydrogen-bond donors (Lipinski definition) is 3. The molecule has 2 rings (SSSR count). The van der Waals surface area contributed by atoms with Crippen LogP contribution in [0.2, 0.25) is 0 Å². The van der Waals surface area contributed by atoms with Crippen molar-refractivity contribution in [2.45, 2.75) is 36.9 Å². The van der Waals surface area contributed by atoms with E-state index in [0.29, 0.717) is 6.54 Å². The number of hydrogen-bond acceptors (Lipinski definition) is 5. The Bertz CT molecular complexity index is 593. The van der Waals surface area contributed by atoms with Crippen molar-refractivity contribution in [1.29, 1.82) is 0 Å². The number of amides is 1. The fraction of sp³-hybridized carbons (Fsp3) is 0.643. The third-order valence-corrected chi connectivity index (χ3v) is 6.92. The quantitative estimate of drug-likeness (QED) is 0.715. The third kappa shape index (κ3) is 4.52. The van der Waals surface area contributed by atoms with Gasteiger partial charge in [-0.3, -0.25) is 4.79 Å². The zero-order valence-electron chi connectivity index (χ0n) is 12.9. The summed E-state index contributed by atoms with van der Waals surface area (Å²) in [6.45, 7) is 6.18. The van der Waals surface area contributed by atoms with Gasteiger partial charge in [-0.2, -0.15) is 4.72 Å². The van der Waals surface area contributed by atoms with Gasteiger partial charge in [-0.1, -0.05) is 13.0 Å². The van der Waals surface area contributed by atoms with E-state index in [1.165, 1.54) is 6.07 Å². The van der Waals surface area contributed by atoms with Gasteiger partial charge in [-0.15, -0.1) is 11.3 Å². The van der Waals surface area contributed by atoms with Crippen LogP contribution in [-0.4, -0.2) is 40.0 Å². The summed E-state index contributed by atoms with van der Waals surface area (Å²) in [4.78, 5) is 12.1. The van der Waals surface area contributed by atoms with Gasteiger partial charge in [0, 0.05) is 6.54 Å². The fourth-order valence-corrected chi connectivity index (χ4v) is 4.63. The fourth-order valence-electron chi connectivity index (χ4n) is 2.42. The van der Waals surface area contributed by atoms with E-state index in [1.54, 1.807) is 18.4 Å². The first kappa shape index (κ1) is 17.4. The predicted molar refractivity (Wildman–Crippen MR) is 87.3 cm³/mol. The molecule has 1 amide bonds. The standard InChI is InChI=1S/C14H23N3O3S2/c1-11(17-22(19,20)12-4-3-9-21-12)13(18)16-10-14(2)5-7-15-8-6-14/h3-4,9,11,15,17H,5-8,10H2,1-2H3,(H,16,18). The van der Waals surface area contributed by atoms with Gasteiger partial charge in [-0.25, -0.2) is 8.42 Å². The van der Waals surface area contributed by atoms with Crippen molar-refractivity contribution >= 4 is 27.3 Å². The molecule has 6 nitrogen and oxygen atoms in total. The summed E-state index contributed by atoms with van der Waals surface area (Å²) in [7, 11) is -3.62. The maximum absolute atomic E-state index is 12.1. The largest absolute Gasteiger partial charge is 0.354 e. The van der Waals surface area contributed by atoms with Crippen molar-refractivity contribution in [3.8, 4) is 0 Å². The van der Waals surface area contributed by atoms with Crippen LogP contribution in [-0.2, 0) is 14.8 Å². The SMILES string of the molecule is CC(NS(=O)(=O)c1cccs1)C(=O)NCC1(C)CCNCC1. The molecule has 0 saturated carbocycles. The molecule has 1 aliphatic rings. The highest BCUT2D eigenvalue weighted by atomic mass is 32.2. The van der Waals surface area contributed by atoms with Crippen molar-refractivity contribution < 1.29 is 13.2 Å². The molecular formula is C14H23N3O3S2. The van der Waals surface area contributed by atoms with Gasteiger partial charge >= 0.3 is 0 Å². The van der Waals surface area contributed by atoms with Gasteiger partial charge in [0.15, 0.2) is 0 Å². The summed E-state index contributed by atoms with van der Waals surface area (Å²) in [5.41, 5.74) is 0.0766. The van der Waals surface area contributed by atoms with E-state index < -0.39 is 16.1 Å². The molecule has 1 aliphatic heterocycles. The van der Waals surface area contributed by atoms with E-state index in [9.17, 15) is 13.2 Å². The maximum Gasteiger partial charge on any atom is 0.250 e. The van der Waals surface area contributed by atoms with Crippen molar-refractivity contribution in [2.75, 3.05) is 19.6 Å². The highest BCUT2D eigenvalue weighted by Crippen LogP contribution is 2.26. The Morgan fingerprint density at radius 1 is 1.45 bits per heavy atom. The summed E-state index contributed by atoms with van der Waals surface area (Å²) >= 11 is 1.13. The van der Waals surface area contributed by atoms with E-state index in [0.717, 1.165) is 37.3 Å². The number of rotatable bonds is 6. The van der Waals surface area contributed by atoms with Crippen LogP contribution in [0.5, 0.6) is 0 Å². The van der Waals surface area contributed by atoms with Crippen LogP contribution >= 0.6 is 11.3 Å². The van der Waals surface area contributed by atoms with Gasteiger partial charge in [-0.05, 0) is 49.7 Å². The Morgan fingerprint density at radius 3 is 2.73 bits per heavy atom. The molecule has 1 aromatic rings. The first-order valence-electron chi connectivity index (χ1n) is 7.37. The topological polar surface area (TPSA) is 87.3 Å². The molecule has 1 aromatic heterocycles. The molecule has 8 heteroatoms. The number of thiophene rings is 1. The van der Waals surface area contributed by atoms with Crippen molar-refractivity contribution in [3.05, 3.63) is 17.5 Å². The van der Waals surface area contributed by atoms with Crippen LogP contribution in [0.3, 0.4) is 0 Å². The van der Waals surface area contributed by atoms with Crippen molar-refractivity contribution in [1.82, 2.24) is 15.4 Å². The molecule has 0 bridgehead atoms. The molecular weight excluding hydrogens is 322 g/mol. The minimum atomic E-state index is -3.62. The number of piperidine rings is 1. The Hall–Kier alpha value is -0.960. The third-order valence-electron chi connectivity index (χ3n) is 3.99. The van der Waals surface area contributed by atoms with Crippen LogP contribution in [0, 0.1) is 5.41 Å². The number of carbonyl (C=O) groups excluding carboxylic acids is 1. The lowest BCUT2D eigenvalue weighted by atomic mass is 9.81. The van der Waals surface area contributed by atoms with Crippen molar-refractivity contribution in [3.63, 3.8) is 0 Å². The second-order valence-electron chi connectivity index (χ2n) is 6.05. The second-order valence-corrected chi connectivity index (χ2v) is 8.94. The number of sulfonamides is 1. The van der Waals surface area contributed by atoms with Crippen molar-refractivity contribution in [2.24, 2.45) is 5.41 Å². The van der Waals surface area contributed by atoms with E-state index in [1.807, 2.05) is 0 Å². The second kappa shape index (κ2) is 7.08. The number of nitrogens with one attached hydrogen (secondary N) is 3. The maximum atomic E-state index is 12.1. The smallest absolute Gasteiger partial charge is 0.250 e. The molecule has 1 fully saturated rings. The molecule has 0 aliphatic carbocycles. The van der Waals surface area contributed by atoms with Gasteiger partial charge in [0.05, 0.1) is 6.04 Å². The first-order valence-corrected chi connectivity index (χ1v) is 9.73. The Kier molecular flexibility index (Phi) is 5.60. The van der Waals surface area contributed by atoms with Crippen LogP contribution < -0.4 is 15.4 Å². The molecule has 1 saturated heterocycles. The Balaban J connectivity index is 1.87. The minimum Gasteiger partial charge on any atom is -0.354 e. The molecule has 124 valence electrons. The van der Waals surface area contributed by atoms with E-state index in [-0.39, 0.29) is 15.5 Å². The van der Waals surface area contributed by atoms with E-state index in [2.05, 4.69) is 22.3 Å². The lowest BCUT2D eigenvalue weighted by Gasteiger charge is -2.34. The Morgan fingerprint density at radius 2 is 2.14 bits per heavy atom. The molecule has 3 N–H and O–H groups in total. The predicted octanol–water partition coefficient (Wildman–Crippen LogP) is 0.921. The summed E-state index contributed by atoms with van der Waals surface area (Å²) < 4.78 is 26.8. The monoisotopic (exact) mass is 345 g/mol. The van der Waals surface area contributed by atoms with E-state index in [4.69, 9.17) is 0 Å². The molecule has 0 aromatic carbocycles. The molecule has 1 atom stereocenters. The molecule has 0 radical (unpaired) electrons. The minimum absolute atomic E-state index is 0.0766. The summed E-state index contributed by atoms with van der Waals surface area (Å²) in [6.07, 6.45) is 2.01. The molecule has 0 spiro atoms. The van der Waals surface area contributed by atoms with Gasteiger partial charge in [0.25, 0.3) is 10.0 Å². The average Bonchev–Trinajstić information content (AvgIpc) is 3.00. The van der Waals surface area contributed by atoms with Crippen LogP contribution in [0.15, 0.2) is 21.7 Å². The zero-order chi connectivity index (χ0) is 16.2. The Labute approximate surface area is 135 Å². The van der Waals surface area contributed by atoms with Crippen LogP contribution in [0.25, 0.3) is 0 Å². The highest BCUT2D eigenvalue weighted by Gasteiger charge is 2.29. The summed E-state index contributed by atoms with van der Waals surface area (Å²) in [5.74, 6) is -0.292. The lowest BCUT2D eigenvalue weighted by Crippen LogP contribution is -2.49. The highest BCUT2D eigenvalue weighted by molar-refractivity contribution is 7.91. The number of carbonyl (C=O) groups is 1. The van der Waals surface area contributed by atoms with Crippen LogP contribution in [0.1, 0.15) is 26.7 Å². The van der Waals surface area contributed by atoms with Gasteiger partial charge in [0.2, 0.25) is 5.91 Å². The van der Waals surface area contributed by atoms with Gasteiger partial charge < -0.3 is 10.6 Å². The molecule has 1 unspecified atom stereocenters. The average molecular weight is 345 g/mol. The first-order chi connectivity index (χ1) is 10.3.